The van der Waals surface area contributed by atoms with Gasteiger partial charge in [0.2, 0.25) is 0 Å². The Kier molecular flexibility index (Phi) is 4.56. The van der Waals surface area contributed by atoms with Crippen LogP contribution in [0.3, 0.4) is 0 Å². The molecule has 0 atom stereocenters. The van der Waals surface area contributed by atoms with Crippen molar-refractivity contribution in [3.63, 3.8) is 0 Å². The van der Waals surface area contributed by atoms with Gasteiger partial charge in [0.1, 0.15) is 11.5 Å². The van der Waals surface area contributed by atoms with Crippen LogP contribution in [-0.2, 0) is 4.79 Å². The highest BCUT2D eigenvalue weighted by molar-refractivity contribution is 6.56. The van der Waals surface area contributed by atoms with E-state index in [1.165, 1.54) is 17.0 Å². The van der Waals surface area contributed by atoms with E-state index in [1.807, 2.05) is 0 Å². The summed E-state index contributed by atoms with van der Waals surface area (Å²) in [5.41, 5.74) is 2.49. The van der Waals surface area contributed by atoms with Gasteiger partial charge in [0, 0.05) is 16.7 Å². The number of fused-ring (bicyclic) bond motifs is 1. The lowest BCUT2D eigenvalue weighted by Gasteiger charge is -2.17. The van der Waals surface area contributed by atoms with E-state index in [2.05, 4.69) is 4.99 Å². The summed E-state index contributed by atoms with van der Waals surface area (Å²) < 4.78 is 0. The highest BCUT2D eigenvalue weighted by atomic mass is 35.5. The van der Waals surface area contributed by atoms with Crippen LogP contribution in [0.1, 0.15) is 5.56 Å². The van der Waals surface area contributed by atoms with Crippen LogP contribution in [0.2, 0.25) is 15.1 Å². The monoisotopic (exact) mass is 416 g/mol. The van der Waals surface area contributed by atoms with Gasteiger partial charge in [-0.3, -0.25) is 9.69 Å². The maximum Gasteiger partial charge on any atom is 0.282 e. The Hall–Kier alpha value is -2.53. The molecule has 0 aromatic heterocycles. The van der Waals surface area contributed by atoms with Crippen molar-refractivity contribution in [3.05, 3.63) is 81.3 Å². The van der Waals surface area contributed by atoms with Gasteiger partial charge in [0.25, 0.3) is 5.91 Å². The first-order valence-corrected chi connectivity index (χ1v) is 9.04. The van der Waals surface area contributed by atoms with Crippen LogP contribution in [0.15, 0.2) is 65.7 Å². The number of carbonyl (C=O) groups excluding carboxylic acids is 1. The molecule has 4 nitrogen and oxygen atoms in total. The zero-order chi connectivity index (χ0) is 19.1. The number of halogens is 3. The Bertz CT molecular complexity index is 1110. The number of aliphatic imine (C=N–C) groups is 1. The van der Waals surface area contributed by atoms with Crippen molar-refractivity contribution in [1.82, 2.24) is 0 Å². The second kappa shape index (κ2) is 6.89. The third kappa shape index (κ3) is 3.28. The van der Waals surface area contributed by atoms with Gasteiger partial charge in [-0.2, -0.15) is 0 Å². The largest absolute Gasteiger partial charge is 0.508 e. The minimum Gasteiger partial charge on any atom is -0.508 e. The van der Waals surface area contributed by atoms with Crippen molar-refractivity contribution in [2.45, 2.75) is 0 Å². The van der Waals surface area contributed by atoms with Crippen molar-refractivity contribution in [2.75, 3.05) is 4.90 Å². The number of anilines is 2. The average Bonchev–Trinajstić information content (AvgIpc) is 2.89. The van der Waals surface area contributed by atoms with Crippen molar-refractivity contribution < 1.29 is 9.90 Å². The van der Waals surface area contributed by atoms with Crippen LogP contribution in [-0.4, -0.2) is 16.7 Å². The van der Waals surface area contributed by atoms with E-state index in [0.717, 1.165) is 0 Å². The van der Waals surface area contributed by atoms with Crippen molar-refractivity contribution >= 4 is 63.5 Å². The minimum atomic E-state index is -0.330. The first-order valence-electron chi connectivity index (χ1n) is 7.91. The summed E-state index contributed by atoms with van der Waals surface area (Å²) >= 11 is 18.1. The molecule has 0 radical (unpaired) electrons. The summed E-state index contributed by atoms with van der Waals surface area (Å²) in [6, 6.07) is 16.5. The molecule has 0 bridgehead atoms. The Balaban J connectivity index is 1.89. The SMILES string of the molecule is O=C1C(=Nc2ccc(Cl)c(Cl)c2)c2cc(Cl)ccc2N1c1cccc(O)c1. The van der Waals surface area contributed by atoms with E-state index in [9.17, 15) is 9.90 Å². The quantitative estimate of drug-likeness (QED) is 0.543. The second-order valence-corrected chi connectivity index (χ2v) is 7.13. The molecule has 0 saturated heterocycles. The van der Waals surface area contributed by atoms with E-state index in [1.54, 1.807) is 48.5 Å². The van der Waals surface area contributed by atoms with Gasteiger partial charge in [-0.15, -0.1) is 0 Å². The molecule has 4 rings (SSSR count). The summed E-state index contributed by atoms with van der Waals surface area (Å²) in [4.78, 5) is 19.1. The van der Waals surface area contributed by atoms with Gasteiger partial charge >= 0.3 is 0 Å². The standard InChI is InChI=1S/C20H11Cl3N2O2/c21-11-4-7-18-15(8-11)19(24-12-5-6-16(22)17(23)9-12)20(27)25(18)13-2-1-3-14(26)10-13/h1-10,26H. The molecule has 7 heteroatoms. The lowest BCUT2D eigenvalue weighted by atomic mass is 10.1. The smallest absolute Gasteiger partial charge is 0.282 e. The zero-order valence-electron chi connectivity index (χ0n) is 13.7. The number of nitrogens with zero attached hydrogens (tertiary/aromatic N) is 2. The molecule has 0 aliphatic carbocycles. The summed E-state index contributed by atoms with van der Waals surface area (Å²) in [6.07, 6.45) is 0. The third-order valence-electron chi connectivity index (χ3n) is 4.09. The molecule has 27 heavy (non-hydrogen) atoms. The lowest BCUT2D eigenvalue weighted by Crippen LogP contribution is -2.25. The van der Waals surface area contributed by atoms with Crippen LogP contribution in [0.4, 0.5) is 17.1 Å². The molecular weight excluding hydrogens is 407 g/mol. The van der Waals surface area contributed by atoms with Gasteiger partial charge in [0.05, 0.1) is 27.1 Å². The van der Waals surface area contributed by atoms with Crippen LogP contribution < -0.4 is 4.90 Å². The number of rotatable bonds is 2. The van der Waals surface area contributed by atoms with E-state index < -0.39 is 0 Å². The van der Waals surface area contributed by atoms with Gasteiger partial charge in [-0.1, -0.05) is 40.9 Å². The first kappa shape index (κ1) is 17.9. The number of carbonyl (C=O) groups is 1. The first-order chi connectivity index (χ1) is 12.9. The van der Waals surface area contributed by atoms with Crippen LogP contribution >= 0.6 is 34.8 Å². The molecule has 1 N–H and O–H groups in total. The highest BCUT2D eigenvalue weighted by Crippen LogP contribution is 2.39. The van der Waals surface area contributed by atoms with Gasteiger partial charge in [-0.05, 0) is 48.5 Å². The predicted molar refractivity (Wildman–Crippen MR) is 109 cm³/mol. The third-order valence-corrected chi connectivity index (χ3v) is 5.07. The summed E-state index contributed by atoms with van der Waals surface area (Å²) in [5, 5.41) is 11.0. The molecule has 0 fully saturated rings. The fraction of sp³-hybridized carbons (Fsp3) is 0. The number of aromatic hydroxyl groups is 1. The number of hydrogen-bond acceptors (Lipinski definition) is 3. The maximum atomic E-state index is 13.2. The Morgan fingerprint density at radius 2 is 1.70 bits per heavy atom. The summed E-state index contributed by atoms with van der Waals surface area (Å²) in [6.45, 7) is 0. The van der Waals surface area contributed by atoms with E-state index in [0.29, 0.717) is 37.7 Å². The fourth-order valence-electron chi connectivity index (χ4n) is 2.90. The molecule has 134 valence electrons. The molecule has 1 aliphatic heterocycles. The van der Waals surface area contributed by atoms with Gasteiger partial charge in [0.15, 0.2) is 0 Å². The number of benzene rings is 3. The molecule has 3 aromatic carbocycles. The second-order valence-electron chi connectivity index (χ2n) is 5.88. The minimum absolute atomic E-state index is 0.0608. The van der Waals surface area contributed by atoms with E-state index >= 15 is 0 Å². The van der Waals surface area contributed by atoms with Crippen molar-refractivity contribution in [3.8, 4) is 5.75 Å². The number of hydrogen-bond donors (Lipinski definition) is 1. The fourth-order valence-corrected chi connectivity index (χ4v) is 3.37. The topological polar surface area (TPSA) is 52.9 Å². The van der Waals surface area contributed by atoms with Crippen molar-refractivity contribution in [2.24, 2.45) is 4.99 Å². The zero-order valence-corrected chi connectivity index (χ0v) is 15.9. The Morgan fingerprint density at radius 1 is 0.889 bits per heavy atom. The molecule has 0 spiro atoms. The molecule has 0 unspecified atom stereocenters. The Morgan fingerprint density at radius 3 is 2.44 bits per heavy atom. The average molecular weight is 418 g/mol. The van der Waals surface area contributed by atoms with Crippen LogP contribution in [0.25, 0.3) is 0 Å². The van der Waals surface area contributed by atoms with Gasteiger partial charge in [-0.25, -0.2) is 4.99 Å². The maximum absolute atomic E-state index is 13.2. The highest BCUT2D eigenvalue weighted by Gasteiger charge is 2.35. The molecule has 3 aromatic rings. The number of phenolic OH excluding ortho intramolecular Hbond substituents is 1. The van der Waals surface area contributed by atoms with E-state index in [-0.39, 0.29) is 17.4 Å². The van der Waals surface area contributed by atoms with E-state index in [4.69, 9.17) is 34.8 Å². The van der Waals surface area contributed by atoms with Gasteiger partial charge < -0.3 is 5.11 Å². The van der Waals surface area contributed by atoms with Crippen molar-refractivity contribution in [1.29, 1.82) is 0 Å². The predicted octanol–water partition coefficient (Wildman–Crippen LogP) is 6.15. The summed E-state index contributed by atoms with van der Waals surface area (Å²) in [5.74, 6) is -0.269. The van der Waals surface area contributed by atoms with Crippen LogP contribution in [0.5, 0.6) is 5.75 Å². The molecule has 0 saturated carbocycles. The number of phenols is 1. The molecular formula is C20H11Cl3N2O2. The lowest BCUT2D eigenvalue weighted by molar-refractivity contribution is -0.111. The normalized spacial score (nSPS) is 14.7. The number of amides is 1. The van der Waals surface area contributed by atoms with Crippen LogP contribution in [0, 0.1) is 0 Å². The molecule has 1 aliphatic rings. The molecule has 1 heterocycles. The summed E-state index contributed by atoms with van der Waals surface area (Å²) in [7, 11) is 0. The molecule has 1 amide bonds. The Labute approximate surface area is 170 Å².